The molecule has 2 aromatic rings. The van der Waals surface area contributed by atoms with Crippen LogP contribution in [0, 0.1) is 5.82 Å². The molecule has 5 nitrogen and oxygen atoms in total. The van der Waals surface area contributed by atoms with Gasteiger partial charge in [0.2, 0.25) is 5.91 Å². The number of amides is 1. The maximum Gasteiger partial charge on any atom is 0.221 e. The largest absolute Gasteiger partial charge is 0.369 e. The summed E-state index contributed by atoms with van der Waals surface area (Å²) in [4.78, 5) is 13.9. The van der Waals surface area contributed by atoms with E-state index in [0.29, 0.717) is 11.1 Å². The number of primary amides is 1. The van der Waals surface area contributed by atoms with E-state index in [9.17, 15) is 9.18 Å². The average Bonchev–Trinajstić information content (AvgIpc) is 2.83. The van der Waals surface area contributed by atoms with Crippen LogP contribution in [0.2, 0.25) is 0 Å². The van der Waals surface area contributed by atoms with Gasteiger partial charge in [0.1, 0.15) is 5.82 Å². The molecule has 25 heavy (non-hydrogen) atoms. The third-order valence-electron chi connectivity index (χ3n) is 5.74. The molecule has 0 unspecified atom stereocenters. The zero-order valence-electron chi connectivity index (χ0n) is 14.5. The second kappa shape index (κ2) is 6.75. The lowest BCUT2D eigenvalue weighted by Crippen LogP contribution is -2.50. The van der Waals surface area contributed by atoms with E-state index in [0.717, 1.165) is 30.6 Å². The van der Waals surface area contributed by atoms with Crippen LogP contribution in [0.15, 0.2) is 18.3 Å². The molecule has 1 heterocycles. The zero-order valence-corrected chi connectivity index (χ0v) is 14.5. The van der Waals surface area contributed by atoms with Crippen molar-refractivity contribution in [3.05, 3.63) is 29.7 Å². The number of fused-ring (bicyclic) bond motifs is 1. The average molecular weight is 344 g/mol. The fraction of sp³-hybridized carbons (Fsp3) is 0.579. The van der Waals surface area contributed by atoms with Crippen molar-refractivity contribution in [1.82, 2.24) is 14.7 Å². The number of halogens is 1. The van der Waals surface area contributed by atoms with Gasteiger partial charge in [-0.1, -0.05) is 12.8 Å². The van der Waals surface area contributed by atoms with E-state index in [1.54, 1.807) is 0 Å². The van der Waals surface area contributed by atoms with E-state index < -0.39 is 5.91 Å². The topological polar surface area (TPSA) is 64.2 Å². The molecular formula is C19H25FN4O. The van der Waals surface area contributed by atoms with Gasteiger partial charge < -0.3 is 5.73 Å². The molecule has 1 aromatic carbocycles. The first kappa shape index (κ1) is 16.5. The molecule has 0 aliphatic heterocycles. The predicted octanol–water partition coefficient (Wildman–Crippen LogP) is 2.61. The zero-order chi connectivity index (χ0) is 17.4. The van der Waals surface area contributed by atoms with Gasteiger partial charge in [-0.05, 0) is 43.4 Å². The normalized spacial score (nSPS) is 18.5. The molecule has 2 saturated carbocycles. The van der Waals surface area contributed by atoms with Crippen molar-refractivity contribution in [1.29, 1.82) is 0 Å². The summed E-state index contributed by atoms with van der Waals surface area (Å²) < 4.78 is 15.7. The van der Waals surface area contributed by atoms with E-state index in [1.165, 1.54) is 50.7 Å². The molecule has 1 aromatic heterocycles. The van der Waals surface area contributed by atoms with Gasteiger partial charge in [0.25, 0.3) is 0 Å². The first-order valence-electron chi connectivity index (χ1n) is 9.30. The Hall–Kier alpha value is -1.95. The number of rotatable bonds is 7. The van der Waals surface area contributed by atoms with E-state index in [2.05, 4.69) is 10.00 Å². The number of aromatic nitrogens is 2. The SMILES string of the molecule is NC(=O)Cc1cc(F)cc2cn(CCN(C3CCC3)C3CCC3)nc12. The van der Waals surface area contributed by atoms with Crippen LogP contribution >= 0.6 is 0 Å². The van der Waals surface area contributed by atoms with Crippen LogP contribution in [0.5, 0.6) is 0 Å². The highest BCUT2D eigenvalue weighted by atomic mass is 19.1. The van der Waals surface area contributed by atoms with Crippen LogP contribution in [0.3, 0.4) is 0 Å². The number of carbonyl (C=O) groups excluding carboxylic acids is 1. The third kappa shape index (κ3) is 3.40. The number of carbonyl (C=O) groups is 1. The molecule has 2 N–H and O–H groups in total. The molecular weight excluding hydrogens is 319 g/mol. The van der Waals surface area contributed by atoms with Crippen LogP contribution in [0.25, 0.3) is 10.9 Å². The fourth-order valence-corrected chi connectivity index (χ4v) is 3.97. The Bertz CT molecular complexity index is 765. The van der Waals surface area contributed by atoms with Gasteiger partial charge in [-0.25, -0.2) is 4.39 Å². The number of hydrogen-bond acceptors (Lipinski definition) is 3. The van der Waals surface area contributed by atoms with Crippen molar-refractivity contribution in [3.8, 4) is 0 Å². The van der Waals surface area contributed by atoms with Crippen LogP contribution in [-0.2, 0) is 17.8 Å². The molecule has 0 saturated heterocycles. The van der Waals surface area contributed by atoms with Gasteiger partial charge in [0.15, 0.2) is 0 Å². The molecule has 0 atom stereocenters. The Kier molecular flexibility index (Phi) is 4.46. The number of benzene rings is 1. The standard InChI is InChI=1S/C19H25FN4O/c20-15-9-13(11-18(21)25)19-14(10-15)12-23(22-19)7-8-24(16-3-1-4-16)17-5-2-6-17/h9-10,12,16-17H,1-8,11H2,(H2,21,25). The van der Waals surface area contributed by atoms with Crippen LogP contribution in [0.1, 0.15) is 44.1 Å². The van der Waals surface area contributed by atoms with Crippen LogP contribution < -0.4 is 5.73 Å². The van der Waals surface area contributed by atoms with E-state index in [-0.39, 0.29) is 12.2 Å². The van der Waals surface area contributed by atoms with E-state index in [1.807, 2.05) is 10.9 Å². The molecule has 4 rings (SSSR count). The summed E-state index contributed by atoms with van der Waals surface area (Å²) in [5.74, 6) is -0.823. The molecule has 2 aliphatic carbocycles. The molecule has 1 amide bonds. The maximum absolute atomic E-state index is 13.8. The third-order valence-corrected chi connectivity index (χ3v) is 5.74. The summed E-state index contributed by atoms with van der Waals surface area (Å²) in [5.41, 5.74) is 6.52. The first-order valence-corrected chi connectivity index (χ1v) is 9.30. The fourth-order valence-electron chi connectivity index (χ4n) is 3.97. The lowest BCUT2D eigenvalue weighted by molar-refractivity contribution is -0.117. The smallest absolute Gasteiger partial charge is 0.221 e. The summed E-state index contributed by atoms with van der Waals surface area (Å²) in [6.07, 6.45) is 9.82. The molecule has 6 heteroatoms. The molecule has 0 spiro atoms. The Morgan fingerprint density at radius 1 is 1.24 bits per heavy atom. The van der Waals surface area contributed by atoms with Crippen LogP contribution in [-0.4, -0.2) is 39.2 Å². The second-order valence-electron chi connectivity index (χ2n) is 7.45. The minimum absolute atomic E-state index is 0.0154. The van der Waals surface area contributed by atoms with Gasteiger partial charge >= 0.3 is 0 Å². The van der Waals surface area contributed by atoms with E-state index in [4.69, 9.17) is 5.73 Å². The molecule has 0 radical (unpaired) electrons. The van der Waals surface area contributed by atoms with Crippen molar-refractivity contribution >= 4 is 16.8 Å². The van der Waals surface area contributed by atoms with Crippen molar-refractivity contribution in [2.75, 3.05) is 6.54 Å². The molecule has 134 valence electrons. The predicted molar refractivity (Wildman–Crippen MR) is 94.6 cm³/mol. The highest BCUT2D eigenvalue weighted by Crippen LogP contribution is 2.33. The number of nitrogens with two attached hydrogens (primary N) is 1. The number of nitrogens with zero attached hydrogens (tertiary/aromatic N) is 3. The minimum Gasteiger partial charge on any atom is -0.369 e. The minimum atomic E-state index is -0.470. The monoisotopic (exact) mass is 344 g/mol. The van der Waals surface area contributed by atoms with Crippen molar-refractivity contribution < 1.29 is 9.18 Å². The second-order valence-corrected chi connectivity index (χ2v) is 7.45. The Morgan fingerprint density at radius 3 is 2.48 bits per heavy atom. The molecule has 0 bridgehead atoms. The summed E-state index contributed by atoms with van der Waals surface area (Å²) in [7, 11) is 0. The summed E-state index contributed by atoms with van der Waals surface area (Å²) >= 11 is 0. The Morgan fingerprint density at radius 2 is 1.92 bits per heavy atom. The maximum atomic E-state index is 13.8. The summed E-state index contributed by atoms with van der Waals surface area (Å²) in [6.45, 7) is 1.77. The van der Waals surface area contributed by atoms with Crippen molar-refractivity contribution in [2.24, 2.45) is 5.73 Å². The van der Waals surface area contributed by atoms with Crippen molar-refractivity contribution in [2.45, 2.75) is 63.6 Å². The highest BCUT2D eigenvalue weighted by molar-refractivity contribution is 5.87. The van der Waals surface area contributed by atoms with Gasteiger partial charge in [0.05, 0.1) is 18.5 Å². The lowest BCUT2D eigenvalue weighted by Gasteiger charge is -2.46. The summed E-state index contributed by atoms with van der Waals surface area (Å²) in [6, 6.07) is 4.30. The summed E-state index contributed by atoms with van der Waals surface area (Å²) in [5, 5.41) is 5.33. The molecule has 2 fully saturated rings. The number of hydrogen-bond donors (Lipinski definition) is 1. The van der Waals surface area contributed by atoms with Gasteiger partial charge in [-0.15, -0.1) is 0 Å². The van der Waals surface area contributed by atoms with Gasteiger partial charge in [0, 0.05) is 30.2 Å². The van der Waals surface area contributed by atoms with Gasteiger partial charge in [-0.2, -0.15) is 5.10 Å². The quantitative estimate of drug-likeness (QED) is 0.840. The molecule has 2 aliphatic rings. The Balaban J connectivity index is 1.51. The Labute approximate surface area is 147 Å². The first-order chi connectivity index (χ1) is 12.1. The lowest BCUT2D eigenvalue weighted by atomic mass is 9.84. The van der Waals surface area contributed by atoms with Gasteiger partial charge in [-0.3, -0.25) is 14.4 Å². The van der Waals surface area contributed by atoms with Crippen molar-refractivity contribution in [3.63, 3.8) is 0 Å². The van der Waals surface area contributed by atoms with Crippen LogP contribution in [0.4, 0.5) is 4.39 Å². The highest BCUT2D eigenvalue weighted by Gasteiger charge is 2.33. The van der Waals surface area contributed by atoms with E-state index >= 15 is 0 Å².